The highest BCUT2D eigenvalue weighted by atomic mass is 79.9. The quantitative estimate of drug-likeness (QED) is 0.495. The summed E-state index contributed by atoms with van der Waals surface area (Å²) in [4.78, 5) is 29.2. The molecule has 0 bridgehead atoms. The van der Waals surface area contributed by atoms with Crippen LogP contribution in [-0.2, 0) is 6.54 Å². The lowest BCUT2D eigenvalue weighted by Gasteiger charge is -2.15. The van der Waals surface area contributed by atoms with E-state index in [1.165, 1.54) is 6.42 Å². The number of hydrogen-bond donors (Lipinski definition) is 1. The Morgan fingerprint density at radius 3 is 2.58 bits per heavy atom. The second-order valence-electron chi connectivity index (χ2n) is 7.98. The number of carbonyl (C=O) groups excluding carboxylic acids is 1. The smallest absolute Gasteiger partial charge is 0.272 e. The molecule has 1 amide bonds. The van der Waals surface area contributed by atoms with Crippen molar-refractivity contribution in [1.82, 2.24) is 15.3 Å². The van der Waals surface area contributed by atoms with Crippen LogP contribution >= 0.6 is 15.9 Å². The van der Waals surface area contributed by atoms with Crippen LogP contribution in [0.5, 0.6) is 0 Å². The molecule has 2 aromatic heterocycles. The summed E-state index contributed by atoms with van der Waals surface area (Å²) in [7, 11) is 4.01. The number of carbonyl (C=O) groups is 1. The summed E-state index contributed by atoms with van der Waals surface area (Å²) in [6.07, 6.45) is 7.16. The van der Waals surface area contributed by atoms with E-state index in [2.05, 4.69) is 31.2 Å². The fraction of sp³-hybridized carbons (Fsp3) is 0.333. The molecule has 160 valence electrons. The van der Waals surface area contributed by atoms with Crippen LogP contribution in [0.15, 0.2) is 52.2 Å². The van der Waals surface area contributed by atoms with Gasteiger partial charge in [-0.05, 0) is 71.4 Å². The average Bonchev–Trinajstić information content (AvgIpc) is 2.80. The molecule has 0 atom stereocenters. The Balaban J connectivity index is 1.65. The molecule has 0 radical (unpaired) electrons. The maximum absolute atomic E-state index is 13.2. The van der Waals surface area contributed by atoms with Crippen LogP contribution in [0, 0.1) is 0 Å². The van der Waals surface area contributed by atoms with Gasteiger partial charge in [0.15, 0.2) is 5.69 Å². The molecule has 0 aliphatic heterocycles. The van der Waals surface area contributed by atoms with Gasteiger partial charge in [-0.3, -0.25) is 14.8 Å². The minimum Gasteiger partial charge on any atom is -0.378 e. The first-order chi connectivity index (χ1) is 15.0. The Labute approximate surface area is 190 Å². The van der Waals surface area contributed by atoms with E-state index in [0.29, 0.717) is 28.0 Å². The van der Waals surface area contributed by atoms with Crippen molar-refractivity contribution >= 4 is 49.8 Å². The molecule has 1 saturated carbocycles. The zero-order chi connectivity index (χ0) is 21.8. The third-order valence-corrected chi connectivity index (χ3v) is 6.11. The molecule has 6 nitrogen and oxygen atoms in total. The van der Waals surface area contributed by atoms with Gasteiger partial charge in [-0.1, -0.05) is 18.6 Å². The Kier molecular flexibility index (Phi) is 6.61. The van der Waals surface area contributed by atoms with E-state index < -0.39 is 0 Å². The van der Waals surface area contributed by atoms with E-state index in [0.717, 1.165) is 48.0 Å². The van der Waals surface area contributed by atoms with Crippen LogP contribution < -0.4 is 10.2 Å². The molecule has 1 fully saturated rings. The van der Waals surface area contributed by atoms with Crippen molar-refractivity contribution < 1.29 is 4.79 Å². The predicted octanol–water partition coefficient (Wildman–Crippen LogP) is 5.42. The van der Waals surface area contributed by atoms with Gasteiger partial charge in [-0.15, -0.1) is 0 Å². The van der Waals surface area contributed by atoms with E-state index in [1.54, 1.807) is 6.20 Å². The molecule has 7 heteroatoms. The molecule has 0 saturated heterocycles. The monoisotopic (exact) mass is 479 g/mol. The molecule has 2 heterocycles. The third-order valence-electron chi connectivity index (χ3n) is 5.51. The van der Waals surface area contributed by atoms with Crippen molar-refractivity contribution in [3.8, 4) is 0 Å². The number of hydrogen-bond acceptors (Lipinski definition) is 5. The number of aromatic nitrogens is 2. The zero-order valence-corrected chi connectivity index (χ0v) is 19.4. The first-order valence-corrected chi connectivity index (χ1v) is 11.4. The maximum Gasteiger partial charge on any atom is 0.272 e. The van der Waals surface area contributed by atoms with E-state index in [9.17, 15) is 4.79 Å². The number of pyridine rings is 2. The molecule has 1 aliphatic rings. The first kappa shape index (κ1) is 21.4. The standard InChI is InChI=1S/C24H26BrN5O/c1-30(2)18-12-10-16(11-13-18)15-27-24(31)22-21(28-17-7-4-3-5-8-17)20-19(23(25)29-22)9-6-14-26-20/h6,9-14H,3-5,7-8,15H2,1-2H3,(H,27,31). The molecule has 0 spiro atoms. The Bertz CT molecular complexity index is 1120. The summed E-state index contributed by atoms with van der Waals surface area (Å²) in [5.74, 6) is -0.250. The second kappa shape index (κ2) is 9.56. The van der Waals surface area contributed by atoms with Crippen molar-refractivity contribution in [1.29, 1.82) is 0 Å². The molecule has 0 unspecified atom stereocenters. The van der Waals surface area contributed by atoms with Crippen LogP contribution in [-0.4, -0.2) is 35.7 Å². The van der Waals surface area contributed by atoms with Crippen molar-refractivity contribution in [2.24, 2.45) is 4.99 Å². The average molecular weight is 480 g/mol. The van der Waals surface area contributed by atoms with E-state index in [1.807, 2.05) is 55.4 Å². The number of nitrogens with zero attached hydrogens (tertiary/aromatic N) is 4. The first-order valence-electron chi connectivity index (χ1n) is 10.6. The van der Waals surface area contributed by atoms with Crippen LogP contribution in [0.25, 0.3) is 10.9 Å². The molecule has 4 rings (SSSR count). The van der Waals surface area contributed by atoms with Crippen LogP contribution in [0.1, 0.15) is 48.2 Å². The van der Waals surface area contributed by atoms with Gasteiger partial charge >= 0.3 is 0 Å². The van der Waals surface area contributed by atoms with Crippen LogP contribution in [0.4, 0.5) is 11.4 Å². The Morgan fingerprint density at radius 1 is 1.13 bits per heavy atom. The van der Waals surface area contributed by atoms with E-state index in [-0.39, 0.29) is 5.91 Å². The minimum atomic E-state index is -0.250. The lowest BCUT2D eigenvalue weighted by molar-refractivity contribution is 0.0946. The topological polar surface area (TPSA) is 70.5 Å². The molecular weight excluding hydrogens is 454 g/mol. The van der Waals surface area contributed by atoms with E-state index >= 15 is 0 Å². The highest BCUT2D eigenvalue weighted by Crippen LogP contribution is 2.33. The van der Waals surface area contributed by atoms with Crippen molar-refractivity contribution in [3.05, 3.63) is 58.5 Å². The van der Waals surface area contributed by atoms with Gasteiger partial charge in [-0.2, -0.15) is 0 Å². The number of aliphatic imine (C=N–C) groups is 1. The number of amides is 1. The van der Waals surface area contributed by atoms with Gasteiger partial charge in [0, 0.05) is 43.6 Å². The highest BCUT2D eigenvalue weighted by Gasteiger charge is 2.20. The summed E-state index contributed by atoms with van der Waals surface area (Å²) in [6.45, 7) is 0.419. The Morgan fingerprint density at radius 2 is 1.87 bits per heavy atom. The maximum atomic E-state index is 13.2. The Hall–Kier alpha value is -2.80. The van der Waals surface area contributed by atoms with E-state index in [4.69, 9.17) is 4.99 Å². The van der Waals surface area contributed by atoms with Gasteiger partial charge in [0.25, 0.3) is 5.91 Å². The fourth-order valence-corrected chi connectivity index (χ4v) is 4.25. The SMILES string of the molecule is CN(C)c1ccc(CNC(=O)c2nc(Br)c3cccnc3c2N=C2CCCCC2)cc1. The molecule has 3 aromatic rings. The van der Waals surface area contributed by atoms with Gasteiger partial charge in [0.2, 0.25) is 0 Å². The molecular formula is C24H26BrN5O. The number of fused-ring (bicyclic) bond motifs is 1. The number of benzene rings is 1. The molecule has 1 aliphatic carbocycles. The zero-order valence-electron chi connectivity index (χ0n) is 17.9. The lowest BCUT2D eigenvalue weighted by Crippen LogP contribution is -2.24. The van der Waals surface area contributed by atoms with Crippen molar-refractivity contribution in [2.75, 3.05) is 19.0 Å². The summed E-state index contributed by atoms with van der Waals surface area (Å²) in [5, 5.41) is 3.86. The molecule has 1 aromatic carbocycles. The largest absolute Gasteiger partial charge is 0.378 e. The van der Waals surface area contributed by atoms with Gasteiger partial charge in [0.1, 0.15) is 15.8 Å². The number of rotatable bonds is 5. The normalized spacial score (nSPS) is 13.8. The second-order valence-corrected chi connectivity index (χ2v) is 8.73. The van der Waals surface area contributed by atoms with Gasteiger partial charge in [-0.25, -0.2) is 4.98 Å². The minimum absolute atomic E-state index is 0.250. The van der Waals surface area contributed by atoms with Crippen molar-refractivity contribution in [3.63, 3.8) is 0 Å². The third kappa shape index (κ3) is 4.93. The summed E-state index contributed by atoms with van der Waals surface area (Å²) < 4.78 is 0.601. The number of anilines is 1. The molecule has 31 heavy (non-hydrogen) atoms. The van der Waals surface area contributed by atoms with Gasteiger partial charge < -0.3 is 10.2 Å². The highest BCUT2D eigenvalue weighted by molar-refractivity contribution is 9.10. The molecule has 1 N–H and O–H groups in total. The van der Waals surface area contributed by atoms with Crippen molar-refractivity contribution in [2.45, 2.75) is 38.6 Å². The summed E-state index contributed by atoms with van der Waals surface area (Å²) in [6, 6.07) is 11.9. The summed E-state index contributed by atoms with van der Waals surface area (Å²) in [5.41, 5.74) is 4.83. The van der Waals surface area contributed by atoms with Gasteiger partial charge in [0.05, 0.1) is 0 Å². The van der Waals surface area contributed by atoms with Crippen LogP contribution in [0.3, 0.4) is 0 Å². The fourth-order valence-electron chi connectivity index (χ4n) is 3.76. The number of halogens is 1. The lowest BCUT2D eigenvalue weighted by atomic mass is 9.98. The number of nitrogens with one attached hydrogen (secondary N) is 1. The summed E-state index contributed by atoms with van der Waals surface area (Å²) >= 11 is 3.51. The predicted molar refractivity (Wildman–Crippen MR) is 129 cm³/mol. The van der Waals surface area contributed by atoms with Crippen LogP contribution in [0.2, 0.25) is 0 Å².